The first-order valence-corrected chi connectivity index (χ1v) is 9.19. The predicted octanol–water partition coefficient (Wildman–Crippen LogP) is 4.47. The van der Waals surface area contributed by atoms with E-state index in [0.717, 1.165) is 41.0 Å². The lowest BCUT2D eigenvalue weighted by Gasteiger charge is -2.18. The maximum absolute atomic E-state index is 13.3. The molecule has 5 heteroatoms. The van der Waals surface area contributed by atoms with Crippen LogP contribution in [0.25, 0.3) is 11.3 Å². The fourth-order valence-corrected chi connectivity index (χ4v) is 3.99. The molecule has 25 heavy (non-hydrogen) atoms. The van der Waals surface area contributed by atoms with Crippen LogP contribution in [0.4, 0.5) is 4.39 Å². The summed E-state index contributed by atoms with van der Waals surface area (Å²) in [4.78, 5) is 5.18. The van der Waals surface area contributed by atoms with E-state index in [2.05, 4.69) is 29.3 Å². The van der Waals surface area contributed by atoms with Crippen LogP contribution in [0.5, 0.6) is 0 Å². The second-order valence-electron chi connectivity index (χ2n) is 6.00. The van der Waals surface area contributed by atoms with Gasteiger partial charge in [-0.1, -0.05) is 24.3 Å². The first kappa shape index (κ1) is 16.0. The van der Waals surface area contributed by atoms with Crippen molar-refractivity contribution in [2.75, 3.05) is 7.05 Å². The summed E-state index contributed by atoms with van der Waals surface area (Å²) in [7, 11) is 1.77. The molecule has 0 atom stereocenters. The zero-order chi connectivity index (χ0) is 17.2. The molecule has 1 aliphatic carbocycles. The van der Waals surface area contributed by atoms with Crippen LogP contribution in [-0.4, -0.2) is 17.4 Å². The van der Waals surface area contributed by atoms with Crippen molar-refractivity contribution in [1.29, 1.82) is 0 Å². The first-order valence-electron chi connectivity index (χ1n) is 8.31. The SMILES string of the molecule is CN=c1scc(-c2ccc(F)cc2)n1N=C1CCCc2ccccc21. The third-order valence-electron chi connectivity index (χ3n) is 4.43. The Morgan fingerprint density at radius 3 is 2.64 bits per heavy atom. The molecule has 0 unspecified atom stereocenters. The molecule has 0 N–H and O–H groups in total. The maximum atomic E-state index is 13.3. The van der Waals surface area contributed by atoms with E-state index >= 15 is 0 Å². The molecule has 3 aromatic rings. The summed E-state index contributed by atoms with van der Waals surface area (Å²) < 4.78 is 15.1. The quantitative estimate of drug-likeness (QED) is 0.652. The molecule has 0 saturated heterocycles. The van der Waals surface area contributed by atoms with E-state index in [1.165, 1.54) is 23.3 Å². The van der Waals surface area contributed by atoms with Crippen LogP contribution in [0.2, 0.25) is 0 Å². The standard InChI is InChI=1S/C20H18FN3S/c1-22-20-24(19(13-25-20)15-9-11-16(21)12-10-15)23-18-8-4-6-14-5-2-3-7-17(14)18/h2-3,5,7,9-13H,4,6,8H2,1H3. The van der Waals surface area contributed by atoms with Gasteiger partial charge in [0.25, 0.3) is 0 Å². The van der Waals surface area contributed by atoms with Crippen molar-refractivity contribution in [3.05, 3.63) is 75.7 Å². The van der Waals surface area contributed by atoms with Crippen molar-refractivity contribution in [2.45, 2.75) is 19.3 Å². The third-order valence-corrected chi connectivity index (χ3v) is 5.33. The molecule has 0 radical (unpaired) electrons. The maximum Gasteiger partial charge on any atom is 0.205 e. The molecule has 0 amide bonds. The van der Waals surface area contributed by atoms with Gasteiger partial charge in [-0.05, 0) is 49.1 Å². The number of hydrogen-bond donors (Lipinski definition) is 0. The molecule has 0 saturated carbocycles. The number of aryl methyl sites for hydroxylation is 1. The minimum Gasteiger partial charge on any atom is -0.261 e. The molecule has 4 rings (SSSR count). The normalized spacial score (nSPS) is 16.2. The summed E-state index contributed by atoms with van der Waals surface area (Å²) in [6.07, 6.45) is 3.15. The lowest BCUT2D eigenvalue weighted by molar-refractivity contribution is 0.628. The van der Waals surface area contributed by atoms with Gasteiger partial charge in [0.1, 0.15) is 5.82 Å². The van der Waals surface area contributed by atoms with Crippen molar-refractivity contribution in [1.82, 2.24) is 4.68 Å². The summed E-state index contributed by atoms with van der Waals surface area (Å²) in [6, 6.07) is 15.0. The molecule has 0 spiro atoms. The van der Waals surface area contributed by atoms with E-state index in [0.29, 0.717) is 0 Å². The Kier molecular flexibility index (Phi) is 4.32. The fourth-order valence-electron chi connectivity index (χ4n) is 3.19. The smallest absolute Gasteiger partial charge is 0.205 e. The molecule has 126 valence electrons. The topological polar surface area (TPSA) is 29.6 Å². The second kappa shape index (κ2) is 6.76. The van der Waals surface area contributed by atoms with Gasteiger partial charge in [-0.3, -0.25) is 4.99 Å². The van der Waals surface area contributed by atoms with Gasteiger partial charge in [-0.25, -0.2) is 9.07 Å². The molecule has 1 aromatic heterocycles. The molecule has 2 aromatic carbocycles. The highest BCUT2D eigenvalue weighted by Crippen LogP contribution is 2.24. The average Bonchev–Trinajstić information content (AvgIpc) is 3.05. The number of rotatable bonds is 2. The molecule has 1 heterocycles. The molecule has 1 aliphatic rings. The van der Waals surface area contributed by atoms with Gasteiger partial charge in [-0.15, -0.1) is 11.3 Å². The van der Waals surface area contributed by atoms with Crippen LogP contribution in [-0.2, 0) is 6.42 Å². The lowest BCUT2D eigenvalue weighted by Crippen LogP contribution is -2.18. The zero-order valence-corrected chi connectivity index (χ0v) is 14.8. The predicted molar refractivity (Wildman–Crippen MR) is 101 cm³/mol. The summed E-state index contributed by atoms with van der Waals surface area (Å²) in [6.45, 7) is 0. The van der Waals surface area contributed by atoms with Crippen LogP contribution in [0, 0.1) is 5.82 Å². The highest BCUT2D eigenvalue weighted by Gasteiger charge is 2.16. The first-order chi connectivity index (χ1) is 12.3. The molecule has 0 fully saturated rings. The van der Waals surface area contributed by atoms with E-state index in [1.54, 1.807) is 30.5 Å². The van der Waals surface area contributed by atoms with Crippen LogP contribution < -0.4 is 4.80 Å². The fraction of sp³-hybridized carbons (Fsp3) is 0.200. The van der Waals surface area contributed by atoms with Crippen molar-refractivity contribution in [2.24, 2.45) is 10.1 Å². The molecule has 0 aliphatic heterocycles. The highest BCUT2D eigenvalue weighted by molar-refractivity contribution is 7.07. The second-order valence-corrected chi connectivity index (χ2v) is 6.84. The molecular weight excluding hydrogens is 333 g/mol. The van der Waals surface area contributed by atoms with E-state index in [1.807, 2.05) is 10.1 Å². The Bertz CT molecular complexity index is 996. The van der Waals surface area contributed by atoms with Crippen LogP contribution >= 0.6 is 11.3 Å². The van der Waals surface area contributed by atoms with Crippen LogP contribution in [0.15, 0.2) is 64.0 Å². The summed E-state index contributed by atoms with van der Waals surface area (Å²) in [5, 5.41) is 6.97. The van der Waals surface area contributed by atoms with E-state index in [9.17, 15) is 4.39 Å². The van der Waals surface area contributed by atoms with Crippen molar-refractivity contribution in [3.63, 3.8) is 0 Å². The number of aromatic nitrogens is 1. The zero-order valence-electron chi connectivity index (χ0n) is 13.9. The van der Waals surface area contributed by atoms with E-state index in [-0.39, 0.29) is 5.82 Å². The van der Waals surface area contributed by atoms with E-state index < -0.39 is 0 Å². The van der Waals surface area contributed by atoms with Gasteiger partial charge in [0, 0.05) is 23.6 Å². The highest BCUT2D eigenvalue weighted by atomic mass is 32.1. The monoisotopic (exact) mass is 351 g/mol. The van der Waals surface area contributed by atoms with Crippen LogP contribution in [0.1, 0.15) is 24.0 Å². The minimum atomic E-state index is -0.238. The minimum absolute atomic E-state index is 0.238. The summed E-state index contributed by atoms with van der Waals surface area (Å²) >= 11 is 1.54. The Hall–Kier alpha value is -2.53. The Balaban J connectivity index is 1.87. The number of fused-ring (bicyclic) bond motifs is 1. The summed E-state index contributed by atoms with van der Waals surface area (Å²) in [5.74, 6) is -0.238. The molecule has 3 nitrogen and oxygen atoms in total. The average molecular weight is 351 g/mol. The van der Waals surface area contributed by atoms with Gasteiger partial charge in [0.2, 0.25) is 4.80 Å². The Morgan fingerprint density at radius 1 is 1.04 bits per heavy atom. The van der Waals surface area contributed by atoms with Crippen molar-refractivity contribution >= 4 is 17.0 Å². The Morgan fingerprint density at radius 2 is 1.84 bits per heavy atom. The van der Waals surface area contributed by atoms with Gasteiger partial charge in [0.15, 0.2) is 0 Å². The van der Waals surface area contributed by atoms with Gasteiger partial charge in [-0.2, -0.15) is 5.10 Å². The number of thiazole rings is 1. The van der Waals surface area contributed by atoms with Crippen molar-refractivity contribution < 1.29 is 4.39 Å². The summed E-state index contributed by atoms with van der Waals surface area (Å²) in [5.41, 5.74) is 5.52. The number of benzene rings is 2. The lowest BCUT2D eigenvalue weighted by atomic mass is 9.90. The van der Waals surface area contributed by atoms with E-state index in [4.69, 9.17) is 5.10 Å². The molecular formula is C20H18FN3S. The van der Waals surface area contributed by atoms with Gasteiger partial charge < -0.3 is 0 Å². The van der Waals surface area contributed by atoms with Gasteiger partial charge >= 0.3 is 0 Å². The number of nitrogens with zero attached hydrogens (tertiary/aromatic N) is 3. The number of halogens is 1. The largest absolute Gasteiger partial charge is 0.261 e. The van der Waals surface area contributed by atoms with Crippen molar-refractivity contribution in [3.8, 4) is 11.3 Å². The van der Waals surface area contributed by atoms with Gasteiger partial charge in [0.05, 0.1) is 11.4 Å². The third kappa shape index (κ3) is 3.07. The molecule has 0 bridgehead atoms. The van der Waals surface area contributed by atoms with Crippen LogP contribution in [0.3, 0.4) is 0 Å². The Labute approximate surface area is 149 Å². The number of hydrogen-bond acceptors (Lipinski definition) is 3.